The molecular formula is K15O15P5S5. The van der Waals surface area contributed by atoms with Gasteiger partial charge in [-0.05, 0) is 0 Å². The van der Waals surface area contributed by atoms with Gasteiger partial charge in [-0.2, -0.15) is 59.0 Å². The van der Waals surface area contributed by atoms with Crippen LogP contribution >= 0.6 is 33.6 Å². The summed E-state index contributed by atoms with van der Waals surface area (Å²) in [4.78, 5) is 134. The van der Waals surface area contributed by atoms with Crippen molar-refractivity contribution >= 4 is 92.6 Å². The average Bonchev–Trinajstić information content (AvgIpc) is 1.79. The second kappa shape index (κ2) is 86.0. The Hall–Kier alpha value is 27.2. The van der Waals surface area contributed by atoms with Crippen LogP contribution < -0.4 is 844 Å². The Kier molecular flexibility index (Phi) is 284. The van der Waals surface area contributed by atoms with Crippen LogP contribution in [0.25, 0.3) is 0 Å². The van der Waals surface area contributed by atoms with Gasteiger partial charge in [0.2, 0.25) is 0 Å². The van der Waals surface area contributed by atoms with Crippen LogP contribution in [-0.2, 0) is 59.0 Å². The van der Waals surface area contributed by atoms with Gasteiger partial charge in [0.05, 0.1) is 0 Å². The minimum atomic E-state index is -4.56. The Morgan fingerprint density at radius 1 is 0.175 bits per heavy atom. The van der Waals surface area contributed by atoms with E-state index in [-0.39, 0.29) is 771 Å². The number of hydrogen-bond donors (Lipinski definition) is 0. The van der Waals surface area contributed by atoms with Gasteiger partial charge in [0.25, 0.3) is 0 Å². The predicted octanol–water partition coefficient (Wildman–Crippen LogP) is -58.5. The molecule has 0 aliphatic rings. The largest absolute Gasteiger partial charge is 1.00 e. The molecule has 40 heavy (non-hydrogen) atoms. The van der Waals surface area contributed by atoms with Crippen molar-refractivity contribution in [3.05, 3.63) is 0 Å². The molecule has 0 aromatic heterocycles. The molecule has 0 bridgehead atoms. The first-order valence-corrected chi connectivity index (χ1v) is 16.4. The van der Waals surface area contributed by atoms with E-state index in [2.05, 4.69) is 59.0 Å². The molecule has 0 aromatic rings. The summed E-state index contributed by atoms with van der Waals surface area (Å²) in [5, 5.41) is 0. The van der Waals surface area contributed by atoms with Crippen LogP contribution in [0.15, 0.2) is 0 Å². The fourth-order valence-corrected chi connectivity index (χ4v) is 0. The summed E-state index contributed by atoms with van der Waals surface area (Å²) < 4.78 is 0. The van der Waals surface area contributed by atoms with Crippen LogP contribution in [0.5, 0.6) is 0 Å². The van der Waals surface area contributed by atoms with Crippen molar-refractivity contribution in [2.24, 2.45) is 0 Å². The molecule has 0 atom stereocenters. The molecule has 0 radical (unpaired) electrons. The molecule has 0 N–H and O–H groups in total. The van der Waals surface area contributed by atoms with Gasteiger partial charge in [0.15, 0.2) is 0 Å². The molecule has 160 valence electrons. The topological polar surface area (TPSA) is 346 Å². The maximum absolute atomic E-state index is 8.92. The van der Waals surface area contributed by atoms with Crippen LogP contribution in [0.2, 0.25) is 0 Å². The quantitative estimate of drug-likeness (QED) is 0.161. The molecule has 15 nitrogen and oxygen atoms in total. The van der Waals surface area contributed by atoms with E-state index in [9.17, 15) is 0 Å². The third-order valence-electron chi connectivity index (χ3n) is 0. The van der Waals surface area contributed by atoms with Gasteiger partial charge in [-0.1, -0.05) is 0 Å². The van der Waals surface area contributed by atoms with Crippen molar-refractivity contribution in [1.29, 1.82) is 0 Å². The molecule has 0 spiro atoms. The van der Waals surface area contributed by atoms with E-state index in [1.165, 1.54) is 0 Å². The Bertz CT molecular complexity index is 419. The SMILES string of the molecule is [K+].[K+].[K+].[K+].[K+].[K+].[K+].[K+].[K+].[K+].[K+].[K+].[K+].[K+].[K+].[O-]P([O-])([O-])=S.[O-]P([O-])([O-])=S.[O-]P([O-])([O-])=S.[O-]P([O-])([O-])=S.[O-]P([O-])([O-])=S. The third-order valence-corrected chi connectivity index (χ3v) is 0. The molecule has 0 amide bonds. The molecular weight excluding hydrogens is 1140 g/mol. The van der Waals surface area contributed by atoms with Crippen LogP contribution in [0.3, 0.4) is 0 Å². The molecule has 0 aromatic carbocycles. The zero-order valence-electron chi connectivity index (χ0n) is 25.4. The van der Waals surface area contributed by atoms with Crippen molar-refractivity contribution in [3.8, 4) is 0 Å². The maximum Gasteiger partial charge on any atom is 1.00 e. The van der Waals surface area contributed by atoms with Crippen molar-refractivity contribution in [3.63, 3.8) is 0 Å². The van der Waals surface area contributed by atoms with E-state index >= 15 is 0 Å². The van der Waals surface area contributed by atoms with E-state index in [1.807, 2.05) is 0 Å². The Morgan fingerprint density at radius 3 is 0.175 bits per heavy atom. The van der Waals surface area contributed by atoms with Gasteiger partial charge in [-0.25, -0.2) is 0 Å². The standard InChI is InChI=1S/15K.5H3O3PS/c;;;;;;;;;;;;;;;5*1-4(2,3)5/h;;;;;;;;;;;;;;;5*(H3,1,2,3,5)/q15*+1;;;;;/p-15. The summed E-state index contributed by atoms with van der Waals surface area (Å²) in [6, 6.07) is 0. The zero-order valence-corrected chi connectivity index (χ0v) is 80.8. The molecule has 0 aliphatic carbocycles. The first-order chi connectivity index (χ1) is 10.0. The average molecular weight is 1140 g/mol. The van der Waals surface area contributed by atoms with Gasteiger partial charge in [0.1, 0.15) is 0 Å². The fraction of sp³-hybridized carbons (Fsp3) is 0. The van der Waals surface area contributed by atoms with E-state index in [1.54, 1.807) is 0 Å². The van der Waals surface area contributed by atoms with Crippen LogP contribution in [0.4, 0.5) is 0 Å². The van der Waals surface area contributed by atoms with Gasteiger partial charge >= 0.3 is 771 Å². The summed E-state index contributed by atoms with van der Waals surface area (Å²) in [6.07, 6.45) is 0. The maximum atomic E-state index is 8.92. The Labute approximate surface area is 899 Å². The summed E-state index contributed by atoms with van der Waals surface area (Å²) in [6.45, 7) is -22.8. The smallest absolute Gasteiger partial charge is 0.844 e. The van der Waals surface area contributed by atoms with Crippen LogP contribution in [0.1, 0.15) is 0 Å². The third kappa shape index (κ3) is 363. The second-order valence-corrected chi connectivity index (χ2v) is 13.4. The van der Waals surface area contributed by atoms with Crippen LogP contribution in [-0.4, -0.2) is 0 Å². The summed E-state index contributed by atoms with van der Waals surface area (Å²) in [5.41, 5.74) is 0. The van der Waals surface area contributed by atoms with Crippen molar-refractivity contribution < 1.29 is 844 Å². The van der Waals surface area contributed by atoms with E-state index in [4.69, 9.17) is 73.4 Å². The molecule has 0 saturated heterocycles. The zero-order chi connectivity index (χ0) is 22.5. The van der Waals surface area contributed by atoms with E-state index < -0.39 is 33.6 Å². The van der Waals surface area contributed by atoms with E-state index in [0.717, 1.165) is 0 Å². The second-order valence-electron chi connectivity index (χ2n) is 2.24. The van der Waals surface area contributed by atoms with Crippen LogP contribution in [0, 0.1) is 0 Å². The summed E-state index contributed by atoms with van der Waals surface area (Å²) >= 11 is 16.4. The Balaban J connectivity index is -0.00000000635. The summed E-state index contributed by atoms with van der Waals surface area (Å²) in [7, 11) is 0. The van der Waals surface area contributed by atoms with E-state index in [0.29, 0.717) is 0 Å². The van der Waals surface area contributed by atoms with Gasteiger partial charge in [-0.15, -0.1) is 0 Å². The normalized spacial score (nSPS) is 7.38. The monoisotopic (exact) mass is 1140 g/mol. The first kappa shape index (κ1) is 132. The molecule has 0 heterocycles. The van der Waals surface area contributed by atoms with Crippen molar-refractivity contribution in [2.45, 2.75) is 0 Å². The van der Waals surface area contributed by atoms with Gasteiger partial charge in [0, 0.05) is 0 Å². The van der Waals surface area contributed by atoms with Crippen molar-refractivity contribution in [1.82, 2.24) is 0 Å². The minimum absolute atomic E-state index is 0. The van der Waals surface area contributed by atoms with Crippen molar-refractivity contribution in [2.75, 3.05) is 0 Å². The fourth-order valence-electron chi connectivity index (χ4n) is 0. The summed E-state index contributed by atoms with van der Waals surface area (Å²) in [5.74, 6) is 0. The predicted molar refractivity (Wildman–Crippen MR) is 71.4 cm³/mol. The molecule has 0 aliphatic heterocycles. The number of rotatable bonds is 0. The molecule has 0 unspecified atom stereocenters. The molecule has 0 rings (SSSR count). The molecule has 0 saturated carbocycles. The van der Waals surface area contributed by atoms with Gasteiger partial charge < -0.3 is 107 Å². The minimum Gasteiger partial charge on any atom is -0.844 e. The Morgan fingerprint density at radius 2 is 0.175 bits per heavy atom. The molecule has 0 fully saturated rings. The number of hydrogen-bond acceptors (Lipinski definition) is 20. The molecule has 40 heteroatoms. The first-order valence-electron chi connectivity index (χ1n) is 3.65. The van der Waals surface area contributed by atoms with Gasteiger partial charge in [-0.3, -0.25) is 0 Å².